The number of ketones is 2. The van der Waals surface area contributed by atoms with Crippen LogP contribution in [0.4, 0.5) is 0 Å². The number of hydrogen-bond acceptors (Lipinski definition) is 2. The zero-order valence-electron chi connectivity index (χ0n) is 7.43. The Morgan fingerprint density at radius 3 is 2.38 bits per heavy atom. The molecule has 0 aliphatic heterocycles. The number of carbonyl (C=O) groups excluding carboxylic acids is 2. The Morgan fingerprint density at radius 1 is 1.31 bits per heavy atom. The van der Waals surface area contributed by atoms with Crippen molar-refractivity contribution >= 4 is 23.2 Å². The van der Waals surface area contributed by atoms with E-state index in [1.807, 2.05) is 0 Å². The van der Waals surface area contributed by atoms with Crippen molar-refractivity contribution < 1.29 is 9.59 Å². The molecule has 0 N–H and O–H groups in total. The van der Waals surface area contributed by atoms with Gasteiger partial charge in [-0.25, -0.2) is 0 Å². The molecule has 0 radical (unpaired) electrons. The van der Waals surface area contributed by atoms with E-state index in [0.29, 0.717) is 10.6 Å². The Morgan fingerprint density at radius 2 is 1.92 bits per heavy atom. The van der Waals surface area contributed by atoms with Gasteiger partial charge in [0.2, 0.25) is 5.78 Å². The van der Waals surface area contributed by atoms with E-state index < -0.39 is 11.6 Å². The van der Waals surface area contributed by atoms with Gasteiger partial charge in [-0.15, -0.1) is 0 Å². The van der Waals surface area contributed by atoms with E-state index in [1.165, 1.54) is 6.92 Å². The lowest BCUT2D eigenvalue weighted by Crippen LogP contribution is -2.09. The molecule has 0 amide bonds. The average molecular weight is 197 g/mol. The number of carbonyl (C=O) groups is 2. The Balaban J connectivity index is 3.11. The van der Waals surface area contributed by atoms with Gasteiger partial charge in [0.05, 0.1) is 0 Å². The summed E-state index contributed by atoms with van der Waals surface area (Å²) in [6, 6.07) is 4.79. The fraction of sp³-hybridized carbons (Fsp3) is 0.200. The maximum Gasteiger partial charge on any atom is 0.228 e. The molecule has 0 saturated heterocycles. The van der Waals surface area contributed by atoms with Crippen molar-refractivity contribution in [3.8, 4) is 0 Å². The molecule has 3 heteroatoms. The van der Waals surface area contributed by atoms with Crippen LogP contribution < -0.4 is 0 Å². The lowest BCUT2D eigenvalue weighted by molar-refractivity contribution is -0.113. The summed E-state index contributed by atoms with van der Waals surface area (Å²) in [6.07, 6.45) is 0. The molecule has 0 saturated carbocycles. The molecule has 0 aliphatic rings. The molecule has 13 heavy (non-hydrogen) atoms. The molecule has 0 spiro atoms. The Kier molecular flexibility index (Phi) is 2.83. The largest absolute Gasteiger partial charge is 0.291 e. The zero-order chi connectivity index (χ0) is 10.0. The molecule has 1 aromatic rings. The van der Waals surface area contributed by atoms with E-state index in [0.717, 1.165) is 5.56 Å². The molecule has 2 nitrogen and oxygen atoms in total. The number of Topliss-reactive ketones (excluding diaryl/α,β-unsaturated/α-hetero) is 2. The van der Waals surface area contributed by atoms with Gasteiger partial charge in [0, 0.05) is 17.5 Å². The molecule has 0 heterocycles. The van der Waals surface area contributed by atoms with E-state index in [2.05, 4.69) is 0 Å². The second kappa shape index (κ2) is 3.71. The van der Waals surface area contributed by atoms with Crippen LogP contribution in [0.5, 0.6) is 0 Å². The highest BCUT2D eigenvalue weighted by atomic mass is 35.5. The molecule has 1 aromatic carbocycles. The van der Waals surface area contributed by atoms with Crippen LogP contribution in [0.15, 0.2) is 18.2 Å². The van der Waals surface area contributed by atoms with Gasteiger partial charge in [-0.05, 0) is 30.7 Å². The average Bonchev–Trinajstić information content (AvgIpc) is 2.08. The molecule has 0 bridgehead atoms. The normalized spacial score (nSPS) is 9.77. The zero-order valence-corrected chi connectivity index (χ0v) is 8.18. The highest BCUT2D eigenvalue weighted by Gasteiger charge is 2.11. The van der Waals surface area contributed by atoms with E-state index in [4.69, 9.17) is 11.6 Å². The van der Waals surface area contributed by atoms with Crippen LogP contribution in [0, 0.1) is 6.92 Å². The lowest BCUT2D eigenvalue weighted by Gasteiger charge is -2.00. The first-order valence-corrected chi connectivity index (χ1v) is 4.21. The van der Waals surface area contributed by atoms with Gasteiger partial charge in [-0.2, -0.15) is 0 Å². The number of aryl methyl sites for hydroxylation is 1. The van der Waals surface area contributed by atoms with Crippen LogP contribution >= 0.6 is 11.6 Å². The fourth-order valence-corrected chi connectivity index (χ4v) is 1.11. The van der Waals surface area contributed by atoms with Crippen LogP contribution in [0.1, 0.15) is 22.8 Å². The second-order valence-electron chi connectivity index (χ2n) is 2.85. The summed E-state index contributed by atoms with van der Waals surface area (Å²) in [4.78, 5) is 22.0. The summed E-state index contributed by atoms with van der Waals surface area (Å²) in [5.74, 6) is -0.929. The van der Waals surface area contributed by atoms with Crippen molar-refractivity contribution in [2.75, 3.05) is 0 Å². The van der Waals surface area contributed by atoms with Crippen LogP contribution in [-0.2, 0) is 4.79 Å². The van der Waals surface area contributed by atoms with Gasteiger partial charge in [0.15, 0.2) is 5.78 Å². The van der Waals surface area contributed by atoms with Crippen molar-refractivity contribution in [3.05, 3.63) is 34.3 Å². The minimum atomic E-state index is -0.472. The SMILES string of the molecule is CC(=O)C(=O)c1ccc(Cl)c(C)c1. The van der Waals surface area contributed by atoms with Crippen molar-refractivity contribution in [2.45, 2.75) is 13.8 Å². The van der Waals surface area contributed by atoms with Gasteiger partial charge >= 0.3 is 0 Å². The number of benzene rings is 1. The van der Waals surface area contributed by atoms with Gasteiger partial charge in [0.25, 0.3) is 0 Å². The predicted octanol–water partition coefficient (Wildman–Crippen LogP) is 2.42. The van der Waals surface area contributed by atoms with Crippen LogP contribution in [0.3, 0.4) is 0 Å². The van der Waals surface area contributed by atoms with Gasteiger partial charge in [-0.1, -0.05) is 11.6 Å². The molecule has 0 aromatic heterocycles. The number of halogens is 1. The summed E-state index contributed by atoms with van der Waals surface area (Å²) in [5.41, 5.74) is 1.20. The molecule has 68 valence electrons. The minimum Gasteiger partial charge on any atom is -0.291 e. The van der Waals surface area contributed by atoms with Crippen molar-refractivity contribution in [1.82, 2.24) is 0 Å². The third kappa shape index (κ3) is 2.16. The maximum absolute atomic E-state index is 11.2. The summed E-state index contributed by atoms with van der Waals surface area (Å²) < 4.78 is 0. The van der Waals surface area contributed by atoms with E-state index in [1.54, 1.807) is 25.1 Å². The minimum absolute atomic E-state index is 0.398. The molecular formula is C10H9ClO2. The van der Waals surface area contributed by atoms with E-state index >= 15 is 0 Å². The molecular weight excluding hydrogens is 188 g/mol. The Bertz CT molecular complexity index is 369. The molecule has 0 aliphatic carbocycles. The maximum atomic E-state index is 11.2. The monoisotopic (exact) mass is 196 g/mol. The van der Waals surface area contributed by atoms with Crippen LogP contribution in [0.25, 0.3) is 0 Å². The van der Waals surface area contributed by atoms with E-state index in [9.17, 15) is 9.59 Å². The highest BCUT2D eigenvalue weighted by molar-refractivity contribution is 6.43. The Hall–Kier alpha value is -1.15. The lowest BCUT2D eigenvalue weighted by atomic mass is 10.1. The first kappa shape index (κ1) is 9.93. The quantitative estimate of drug-likeness (QED) is 0.538. The first-order valence-electron chi connectivity index (χ1n) is 3.84. The number of hydrogen-bond donors (Lipinski definition) is 0. The fourth-order valence-electron chi connectivity index (χ4n) is 0.989. The predicted molar refractivity (Wildman–Crippen MR) is 51.2 cm³/mol. The second-order valence-corrected chi connectivity index (χ2v) is 3.26. The summed E-state index contributed by atoms with van der Waals surface area (Å²) in [5, 5.41) is 0.597. The topological polar surface area (TPSA) is 34.1 Å². The number of rotatable bonds is 2. The molecule has 0 atom stereocenters. The summed E-state index contributed by atoms with van der Waals surface area (Å²) in [7, 11) is 0. The smallest absolute Gasteiger partial charge is 0.228 e. The first-order chi connectivity index (χ1) is 6.02. The molecule has 0 fully saturated rings. The highest BCUT2D eigenvalue weighted by Crippen LogP contribution is 2.16. The standard InChI is InChI=1S/C10H9ClO2/c1-6-5-8(3-4-9(6)11)10(13)7(2)12/h3-5H,1-2H3. The molecule has 0 unspecified atom stereocenters. The van der Waals surface area contributed by atoms with Gasteiger partial charge < -0.3 is 0 Å². The Labute approximate surface area is 81.5 Å². The third-order valence-corrected chi connectivity index (χ3v) is 2.16. The molecule has 1 rings (SSSR count). The third-order valence-electron chi connectivity index (χ3n) is 1.74. The summed E-state index contributed by atoms with van der Waals surface area (Å²) >= 11 is 5.77. The van der Waals surface area contributed by atoms with Gasteiger partial charge in [-0.3, -0.25) is 9.59 Å². The van der Waals surface area contributed by atoms with E-state index in [-0.39, 0.29) is 0 Å². The van der Waals surface area contributed by atoms with Crippen molar-refractivity contribution in [2.24, 2.45) is 0 Å². The van der Waals surface area contributed by atoms with Crippen LogP contribution in [0.2, 0.25) is 5.02 Å². The van der Waals surface area contributed by atoms with Crippen molar-refractivity contribution in [1.29, 1.82) is 0 Å². The van der Waals surface area contributed by atoms with Crippen molar-refractivity contribution in [3.63, 3.8) is 0 Å². The summed E-state index contributed by atoms with van der Waals surface area (Å²) in [6.45, 7) is 3.05. The van der Waals surface area contributed by atoms with Crippen LogP contribution in [-0.4, -0.2) is 11.6 Å². The van der Waals surface area contributed by atoms with Gasteiger partial charge in [0.1, 0.15) is 0 Å².